The lowest BCUT2D eigenvalue weighted by Gasteiger charge is -2.20. The molecule has 1 aliphatic heterocycles. The molecule has 1 fully saturated rings. The van der Waals surface area contributed by atoms with Crippen LogP contribution in [0, 0.1) is 5.92 Å². The third kappa shape index (κ3) is 3.97. The Morgan fingerprint density at radius 2 is 2.21 bits per heavy atom. The monoisotopic (exact) mass is 199 g/mol. The van der Waals surface area contributed by atoms with Gasteiger partial charge < -0.3 is 10.1 Å². The van der Waals surface area contributed by atoms with Crippen LogP contribution < -0.4 is 5.32 Å². The molecule has 2 atom stereocenters. The molecule has 14 heavy (non-hydrogen) atoms. The predicted octanol–water partition coefficient (Wildman–Crippen LogP) is 2.58. The molecule has 0 radical (unpaired) electrons. The Balaban J connectivity index is 2.21. The fraction of sp³-hybridized carbons (Fsp3) is 1.00. The summed E-state index contributed by atoms with van der Waals surface area (Å²) >= 11 is 0. The van der Waals surface area contributed by atoms with Gasteiger partial charge in [-0.3, -0.25) is 0 Å². The first-order chi connectivity index (χ1) is 6.74. The van der Waals surface area contributed by atoms with Gasteiger partial charge in [-0.2, -0.15) is 0 Å². The maximum absolute atomic E-state index is 5.76. The van der Waals surface area contributed by atoms with Gasteiger partial charge in [0.15, 0.2) is 0 Å². The number of unbranched alkanes of at least 4 members (excludes halogenated alkanes) is 1. The normalized spacial score (nSPS) is 27.4. The minimum absolute atomic E-state index is 0.529. The number of rotatable bonds is 6. The molecular formula is C12H25NO. The smallest absolute Gasteiger partial charge is 0.0616 e. The van der Waals surface area contributed by atoms with E-state index in [4.69, 9.17) is 4.74 Å². The zero-order valence-electron chi connectivity index (χ0n) is 9.88. The Kier molecular flexibility index (Phi) is 5.49. The van der Waals surface area contributed by atoms with Crippen LogP contribution in [0.4, 0.5) is 0 Å². The van der Waals surface area contributed by atoms with Crippen molar-refractivity contribution in [2.24, 2.45) is 5.92 Å². The minimum atomic E-state index is 0.529. The molecule has 0 bridgehead atoms. The van der Waals surface area contributed by atoms with Crippen molar-refractivity contribution < 1.29 is 4.74 Å². The van der Waals surface area contributed by atoms with Gasteiger partial charge in [0.25, 0.3) is 0 Å². The highest BCUT2D eigenvalue weighted by Gasteiger charge is 2.27. The molecule has 2 unspecified atom stereocenters. The van der Waals surface area contributed by atoms with E-state index >= 15 is 0 Å². The van der Waals surface area contributed by atoms with Crippen molar-refractivity contribution in [1.29, 1.82) is 0 Å². The van der Waals surface area contributed by atoms with Crippen LogP contribution in [0.15, 0.2) is 0 Å². The largest absolute Gasteiger partial charge is 0.378 e. The Hall–Kier alpha value is -0.0800. The van der Waals surface area contributed by atoms with Crippen LogP contribution in [0.3, 0.4) is 0 Å². The van der Waals surface area contributed by atoms with Gasteiger partial charge in [-0.1, -0.05) is 33.6 Å². The molecule has 0 aromatic carbocycles. The van der Waals surface area contributed by atoms with Gasteiger partial charge in [0.05, 0.1) is 6.10 Å². The SMILES string of the molecule is CCCCC1OCCC1CNC(C)C. The lowest BCUT2D eigenvalue weighted by molar-refractivity contribution is 0.0809. The van der Waals surface area contributed by atoms with Gasteiger partial charge in [0.1, 0.15) is 0 Å². The predicted molar refractivity (Wildman–Crippen MR) is 60.5 cm³/mol. The summed E-state index contributed by atoms with van der Waals surface area (Å²) in [5.41, 5.74) is 0. The number of nitrogens with one attached hydrogen (secondary N) is 1. The van der Waals surface area contributed by atoms with Crippen molar-refractivity contribution in [2.75, 3.05) is 13.2 Å². The first-order valence-electron chi connectivity index (χ1n) is 6.09. The van der Waals surface area contributed by atoms with Crippen LogP contribution in [0.1, 0.15) is 46.5 Å². The van der Waals surface area contributed by atoms with E-state index in [2.05, 4.69) is 26.1 Å². The molecule has 0 aliphatic carbocycles. The number of hydrogen-bond donors (Lipinski definition) is 1. The second-order valence-corrected chi connectivity index (χ2v) is 4.66. The van der Waals surface area contributed by atoms with Crippen molar-refractivity contribution in [1.82, 2.24) is 5.32 Å². The molecular weight excluding hydrogens is 174 g/mol. The summed E-state index contributed by atoms with van der Waals surface area (Å²) in [5, 5.41) is 3.51. The molecule has 1 heterocycles. The average Bonchev–Trinajstić information content (AvgIpc) is 2.58. The first kappa shape index (κ1) is 12.0. The minimum Gasteiger partial charge on any atom is -0.378 e. The summed E-state index contributed by atoms with van der Waals surface area (Å²) < 4.78 is 5.76. The zero-order chi connectivity index (χ0) is 10.4. The zero-order valence-corrected chi connectivity index (χ0v) is 9.88. The summed E-state index contributed by atoms with van der Waals surface area (Å²) in [6, 6.07) is 0.599. The summed E-state index contributed by atoms with van der Waals surface area (Å²) in [7, 11) is 0. The van der Waals surface area contributed by atoms with Crippen LogP contribution >= 0.6 is 0 Å². The highest BCUT2D eigenvalue weighted by Crippen LogP contribution is 2.24. The van der Waals surface area contributed by atoms with E-state index in [-0.39, 0.29) is 0 Å². The van der Waals surface area contributed by atoms with Gasteiger partial charge in [-0.05, 0) is 18.8 Å². The lowest BCUT2D eigenvalue weighted by atomic mass is 9.97. The molecule has 0 saturated carbocycles. The number of ether oxygens (including phenoxy) is 1. The Bertz CT molecular complexity index is 147. The maximum Gasteiger partial charge on any atom is 0.0616 e. The van der Waals surface area contributed by atoms with Gasteiger partial charge in [-0.15, -0.1) is 0 Å². The fourth-order valence-corrected chi connectivity index (χ4v) is 2.04. The summed E-state index contributed by atoms with van der Waals surface area (Å²) in [5.74, 6) is 0.754. The van der Waals surface area contributed by atoms with Crippen molar-refractivity contribution in [2.45, 2.75) is 58.6 Å². The molecule has 0 aromatic rings. The Morgan fingerprint density at radius 3 is 2.86 bits per heavy atom. The van der Waals surface area contributed by atoms with Crippen LogP contribution in [0.25, 0.3) is 0 Å². The van der Waals surface area contributed by atoms with E-state index in [0.29, 0.717) is 12.1 Å². The standard InChI is InChI=1S/C12H25NO/c1-4-5-6-12-11(7-8-14-12)9-13-10(2)3/h10-13H,4-9H2,1-3H3. The molecule has 2 nitrogen and oxygen atoms in total. The third-order valence-electron chi connectivity index (χ3n) is 2.98. The van der Waals surface area contributed by atoms with Crippen molar-refractivity contribution in [3.63, 3.8) is 0 Å². The molecule has 1 rings (SSSR count). The van der Waals surface area contributed by atoms with Crippen LogP contribution in [-0.4, -0.2) is 25.3 Å². The van der Waals surface area contributed by atoms with E-state index in [0.717, 1.165) is 19.1 Å². The molecule has 84 valence electrons. The number of hydrogen-bond acceptors (Lipinski definition) is 2. The highest BCUT2D eigenvalue weighted by atomic mass is 16.5. The van der Waals surface area contributed by atoms with Crippen LogP contribution in [0.2, 0.25) is 0 Å². The molecule has 0 aromatic heterocycles. The van der Waals surface area contributed by atoms with Crippen LogP contribution in [-0.2, 0) is 4.74 Å². The van der Waals surface area contributed by atoms with Crippen molar-refractivity contribution in [3.8, 4) is 0 Å². The third-order valence-corrected chi connectivity index (χ3v) is 2.98. The summed E-state index contributed by atoms with van der Waals surface area (Å²) in [4.78, 5) is 0. The molecule has 0 spiro atoms. The Morgan fingerprint density at radius 1 is 1.43 bits per heavy atom. The van der Waals surface area contributed by atoms with E-state index in [1.807, 2.05) is 0 Å². The van der Waals surface area contributed by atoms with Crippen molar-refractivity contribution in [3.05, 3.63) is 0 Å². The summed E-state index contributed by atoms with van der Waals surface area (Å²) in [6.45, 7) is 8.76. The van der Waals surface area contributed by atoms with Gasteiger partial charge in [0, 0.05) is 19.2 Å². The topological polar surface area (TPSA) is 21.3 Å². The molecule has 1 saturated heterocycles. The van der Waals surface area contributed by atoms with Gasteiger partial charge in [-0.25, -0.2) is 0 Å². The van der Waals surface area contributed by atoms with Crippen molar-refractivity contribution >= 4 is 0 Å². The fourth-order valence-electron chi connectivity index (χ4n) is 2.04. The van der Waals surface area contributed by atoms with E-state index < -0.39 is 0 Å². The average molecular weight is 199 g/mol. The first-order valence-corrected chi connectivity index (χ1v) is 6.09. The molecule has 2 heteroatoms. The second-order valence-electron chi connectivity index (χ2n) is 4.66. The van der Waals surface area contributed by atoms with Gasteiger partial charge in [0.2, 0.25) is 0 Å². The molecule has 1 aliphatic rings. The quantitative estimate of drug-likeness (QED) is 0.710. The van der Waals surface area contributed by atoms with E-state index in [1.165, 1.54) is 25.7 Å². The highest BCUT2D eigenvalue weighted by molar-refractivity contribution is 4.78. The lowest BCUT2D eigenvalue weighted by Crippen LogP contribution is -2.32. The van der Waals surface area contributed by atoms with Gasteiger partial charge >= 0.3 is 0 Å². The second kappa shape index (κ2) is 6.41. The maximum atomic E-state index is 5.76. The summed E-state index contributed by atoms with van der Waals surface area (Å²) in [6.07, 6.45) is 5.61. The Labute approximate surface area is 88.4 Å². The van der Waals surface area contributed by atoms with Crippen LogP contribution in [0.5, 0.6) is 0 Å². The molecule has 1 N–H and O–H groups in total. The van der Waals surface area contributed by atoms with E-state index in [9.17, 15) is 0 Å². The van der Waals surface area contributed by atoms with E-state index in [1.54, 1.807) is 0 Å². The molecule has 0 amide bonds.